The maximum absolute atomic E-state index is 5.56. The third kappa shape index (κ3) is 2.21. The number of rotatable bonds is 4. The van der Waals surface area contributed by atoms with Gasteiger partial charge in [-0.1, -0.05) is 24.3 Å². The van der Waals surface area contributed by atoms with Gasteiger partial charge in [0.2, 0.25) is 0 Å². The van der Waals surface area contributed by atoms with E-state index in [0.29, 0.717) is 0 Å². The second kappa shape index (κ2) is 5.01. The molecule has 0 radical (unpaired) electrons. The molecule has 1 N–H and O–H groups in total. The molecule has 19 heavy (non-hydrogen) atoms. The summed E-state index contributed by atoms with van der Waals surface area (Å²) in [6.45, 7) is 3.79. The first-order valence-electron chi connectivity index (χ1n) is 6.63. The van der Waals surface area contributed by atoms with Crippen LogP contribution in [-0.2, 0) is 13.5 Å². The number of benzene rings is 1. The van der Waals surface area contributed by atoms with E-state index < -0.39 is 0 Å². The summed E-state index contributed by atoms with van der Waals surface area (Å²) in [4.78, 5) is 0. The first-order valence-corrected chi connectivity index (χ1v) is 6.63. The van der Waals surface area contributed by atoms with E-state index in [9.17, 15) is 0 Å². The van der Waals surface area contributed by atoms with Gasteiger partial charge in [-0.15, -0.1) is 5.10 Å². The molecule has 0 aliphatic carbocycles. The van der Waals surface area contributed by atoms with Crippen LogP contribution in [0.25, 0.3) is 0 Å². The topological polar surface area (TPSA) is 52.0 Å². The molecular formula is C14H18N4O. The Kier molecular flexibility index (Phi) is 3.21. The molecule has 100 valence electrons. The van der Waals surface area contributed by atoms with Crippen molar-refractivity contribution in [1.82, 2.24) is 20.3 Å². The molecule has 1 aliphatic heterocycles. The van der Waals surface area contributed by atoms with Crippen LogP contribution in [0.5, 0.6) is 5.75 Å². The van der Waals surface area contributed by atoms with E-state index in [1.165, 1.54) is 11.1 Å². The van der Waals surface area contributed by atoms with E-state index in [2.05, 4.69) is 40.8 Å². The highest BCUT2D eigenvalue weighted by atomic mass is 16.5. The molecule has 0 saturated carbocycles. The van der Waals surface area contributed by atoms with Crippen molar-refractivity contribution < 1.29 is 4.74 Å². The zero-order valence-corrected chi connectivity index (χ0v) is 11.3. The third-order valence-corrected chi connectivity index (χ3v) is 3.50. The Labute approximate surface area is 112 Å². The Morgan fingerprint density at radius 2 is 2.37 bits per heavy atom. The molecule has 1 atom stereocenters. The SMILES string of the molecule is CCNC(c1ccc2c(c1)CCO2)c1cnnn1C. The number of nitrogens with zero attached hydrogens (tertiary/aromatic N) is 3. The molecule has 0 saturated heterocycles. The van der Waals surface area contributed by atoms with E-state index in [1.807, 2.05) is 17.9 Å². The van der Waals surface area contributed by atoms with Crippen LogP contribution in [-0.4, -0.2) is 28.1 Å². The fraction of sp³-hybridized carbons (Fsp3) is 0.429. The molecule has 0 fully saturated rings. The van der Waals surface area contributed by atoms with Gasteiger partial charge in [-0.2, -0.15) is 0 Å². The van der Waals surface area contributed by atoms with Crippen LogP contribution in [0.15, 0.2) is 24.4 Å². The lowest BCUT2D eigenvalue weighted by molar-refractivity contribution is 0.357. The van der Waals surface area contributed by atoms with Crippen LogP contribution in [0.3, 0.4) is 0 Å². The first kappa shape index (κ1) is 12.2. The van der Waals surface area contributed by atoms with E-state index in [0.717, 1.165) is 31.0 Å². The molecule has 1 aromatic heterocycles. The van der Waals surface area contributed by atoms with Crippen molar-refractivity contribution in [2.75, 3.05) is 13.2 Å². The van der Waals surface area contributed by atoms with Gasteiger partial charge in [0.25, 0.3) is 0 Å². The smallest absolute Gasteiger partial charge is 0.122 e. The predicted octanol–water partition coefficient (Wildman–Crippen LogP) is 1.45. The fourth-order valence-corrected chi connectivity index (χ4v) is 2.54. The predicted molar refractivity (Wildman–Crippen MR) is 72.2 cm³/mol. The summed E-state index contributed by atoms with van der Waals surface area (Å²) in [5.74, 6) is 1.02. The normalized spacial score (nSPS) is 15.1. The van der Waals surface area contributed by atoms with Gasteiger partial charge in [0.1, 0.15) is 5.75 Å². The second-order valence-corrected chi connectivity index (χ2v) is 4.74. The summed E-state index contributed by atoms with van der Waals surface area (Å²) >= 11 is 0. The van der Waals surface area contributed by atoms with Crippen LogP contribution in [0.1, 0.15) is 29.8 Å². The van der Waals surface area contributed by atoms with Crippen molar-refractivity contribution in [1.29, 1.82) is 0 Å². The Morgan fingerprint density at radius 3 is 3.11 bits per heavy atom. The average Bonchev–Trinajstić information content (AvgIpc) is 3.03. The van der Waals surface area contributed by atoms with Gasteiger partial charge in [0.15, 0.2) is 0 Å². The van der Waals surface area contributed by atoms with Crippen LogP contribution < -0.4 is 10.1 Å². The van der Waals surface area contributed by atoms with Gasteiger partial charge in [-0.05, 0) is 23.7 Å². The van der Waals surface area contributed by atoms with Crippen molar-refractivity contribution in [2.45, 2.75) is 19.4 Å². The van der Waals surface area contributed by atoms with Gasteiger partial charge in [0.05, 0.1) is 24.5 Å². The standard InChI is InChI=1S/C14H18N4O/c1-3-15-14(12-9-16-17-18(12)2)11-4-5-13-10(8-11)6-7-19-13/h4-5,8-9,14-15H,3,6-7H2,1-2H3. The highest BCUT2D eigenvalue weighted by Gasteiger charge is 2.20. The molecule has 0 bridgehead atoms. The molecular weight excluding hydrogens is 240 g/mol. The lowest BCUT2D eigenvalue weighted by Gasteiger charge is -2.18. The van der Waals surface area contributed by atoms with Gasteiger partial charge in [-0.25, -0.2) is 0 Å². The Morgan fingerprint density at radius 1 is 1.47 bits per heavy atom. The van der Waals surface area contributed by atoms with Gasteiger partial charge >= 0.3 is 0 Å². The number of ether oxygens (including phenoxy) is 1. The molecule has 2 aromatic rings. The lowest BCUT2D eigenvalue weighted by atomic mass is 10.0. The number of aromatic nitrogens is 3. The van der Waals surface area contributed by atoms with Crippen molar-refractivity contribution in [2.24, 2.45) is 7.05 Å². The van der Waals surface area contributed by atoms with Crippen molar-refractivity contribution in [3.8, 4) is 5.75 Å². The maximum atomic E-state index is 5.56. The van der Waals surface area contributed by atoms with Crippen molar-refractivity contribution in [3.05, 3.63) is 41.2 Å². The van der Waals surface area contributed by atoms with E-state index >= 15 is 0 Å². The minimum atomic E-state index is 0.121. The maximum Gasteiger partial charge on any atom is 0.122 e. The summed E-state index contributed by atoms with van der Waals surface area (Å²) in [6.07, 6.45) is 2.81. The Bertz CT molecular complexity index is 579. The van der Waals surface area contributed by atoms with Crippen LogP contribution >= 0.6 is 0 Å². The van der Waals surface area contributed by atoms with Crippen LogP contribution in [0, 0.1) is 0 Å². The highest BCUT2D eigenvalue weighted by molar-refractivity contribution is 5.42. The number of nitrogens with one attached hydrogen (secondary N) is 1. The lowest BCUT2D eigenvalue weighted by Crippen LogP contribution is -2.24. The molecule has 5 nitrogen and oxygen atoms in total. The summed E-state index contributed by atoms with van der Waals surface area (Å²) in [7, 11) is 1.92. The zero-order chi connectivity index (χ0) is 13.2. The van der Waals surface area contributed by atoms with Gasteiger partial charge in [0, 0.05) is 13.5 Å². The molecule has 1 unspecified atom stereocenters. The fourth-order valence-electron chi connectivity index (χ4n) is 2.54. The summed E-state index contributed by atoms with van der Waals surface area (Å²) < 4.78 is 7.37. The summed E-state index contributed by atoms with van der Waals surface area (Å²) in [5.41, 5.74) is 3.59. The monoisotopic (exact) mass is 258 g/mol. The molecule has 1 aliphatic rings. The van der Waals surface area contributed by atoms with E-state index in [1.54, 1.807) is 0 Å². The molecule has 3 rings (SSSR count). The number of hydrogen-bond acceptors (Lipinski definition) is 4. The minimum Gasteiger partial charge on any atom is -0.493 e. The van der Waals surface area contributed by atoms with E-state index in [4.69, 9.17) is 4.74 Å². The zero-order valence-electron chi connectivity index (χ0n) is 11.3. The molecule has 0 spiro atoms. The molecule has 5 heteroatoms. The molecule has 0 amide bonds. The van der Waals surface area contributed by atoms with Gasteiger partial charge in [-0.3, -0.25) is 4.68 Å². The Balaban J connectivity index is 1.98. The van der Waals surface area contributed by atoms with Crippen molar-refractivity contribution >= 4 is 0 Å². The highest BCUT2D eigenvalue weighted by Crippen LogP contribution is 2.30. The summed E-state index contributed by atoms with van der Waals surface area (Å²) in [5, 5.41) is 11.5. The third-order valence-electron chi connectivity index (χ3n) is 3.50. The Hall–Kier alpha value is -1.88. The number of hydrogen-bond donors (Lipinski definition) is 1. The second-order valence-electron chi connectivity index (χ2n) is 4.74. The van der Waals surface area contributed by atoms with E-state index in [-0.39, 0.29) is 6.04 Å². The minimum absolute atomic E-state index is 0.121. The molecule has 2 heterocycles. The quantitative estimate of drug-likeness (QED) is 0.902. The van der Waals surface area contributed by atoms with Crippen molar-refractivity contribution in [3.63, 3.8) is 0 Å². The van der Waals surface area contributed by atoms with Crippen LogP contribution in [0.2, 0.25) is 0 Å². The number of fused-ring (bicyclic) bond motifs is 1. The van der Waals surface area contributed by atoms with Gasteiger partial charge < -0.3 is 10.1 Å². The first-order chi connectivity index (χ1) is 9.29. The number of aryl methyl sites for hydroxylation is 1. The largest absolute Gasteiger partial charge is 0.493 e. The van der Waals surface area contributed by atoms with Crippen LogP contribution in [0.4, 0.5) is 0 Å². The average molecular weight is 258 g/mol. The molecule has 1 aromatic carbocycles. The summed E-state index contributed by atoms with van der Waals surface area (Å²) in [6, 6.07) is 6.52.